The van der Waals surface area contributed by atoms with Crippen LogP contribution < -0.4 is 10.5 Å². The lowest BCUT2D eigenvalue weighted by molar-refractivity contribution is -0.135. The van der Waals surface area contributed by atoms with Crippen LogP contribution in [0.4, 0.5) is 0 Å². The number of piperazine rings is 1. The van der Waals surface area contributed by atoms with E-state index in [2.05, 4.69) is 0 Å². The molecule has 1 atom stereocenters. The Morgan fingerprint density at radius 2 is 1.78 bits per heavy atom. The van der Waals surface area contributed by atoms with Crippen LogP contribution in [0.5, 0.6) is 5.75 Å². The quantitative estimate of drug-likeness (QED) is 0.821. The monoisotopic (exact) mass is 341 g/mol. The van der Waals surface area contributed by atoms with Crippen molar-refractivity contribution in [3.63, 3.8) is 0 Å². The number of methoxy groups -OCH3 is 1. The Morgan fingerprint density at radius 1 is 1.22 bits per heavy atom. The molecule has 1 heterocycles. The van der Waals surface area contributed by atoms with Crippen molar-refractivity contribution in [3.8, 4) is 5.75 Å². The predicted octanol–water partition coefficient (Wildman–Crippen LogP) is 0.123. The third kappa shape index (κ3) is 3.82. The molecule has 8 heteroatoms. The molecule has 1 unspecified atom stereocenters. The molecule has 128 valence electrons. The van der Waals surface area contributed by atoms with Gasteiger partial charge in [-0.2, -0.15) is 4.31 Å². The highest BCUT2D eigenvalue weighted by molar-refractivity contribution is 7.89. The van der Waals surface area contributed by atoms with Crippen LogP contribution in [0.3, 0.4) is 0 Å². The van der Waals surface area contributed by atoms with Gasteiger partial charge >= 0.3 is 0 Å². The van der Waals surface area contributed by atoms with Crippen LogP contribution in [0, 0.1) is 5.92 Å². The number of carbonyl (C=O) groups is 1. The highest BCUT2D eigenvalue weighted by atomic mass is 32.2. The number of nitrogens with two attached hydrogens (primary N) is 1. The van der Waals surface area contributed by atoms with Crippen LogP contribution in [0.1, 0.15) is 6.92 Å². The fourth-order valence-corrected chi connectivity index (χ4v) is 3.88. The van der Waals surface area contributed by atoms with Crippen molar-refractivity contribution >= 4 is 15.9 Å². The van der Waals surface area contributed by atoms with E-state index in [9.17, 15) is 13.2 Å². The zero-order valence-electron chi connectivity index (χ0n) is 13.4. The van der Waals surface area contributed by atoms with E-state index in [1.54, 1.807) is 24.0 Å². The molecule has 2 N–H and O–H groups in total. The van der Waals surface area contributed by atoms with Crippen LogP contribution in [0.15, 0.2) is 29.2 Å². The molecule has 0 spiro atoms. The summed E-state index contributed by atoms with van der Waals surface area (Å²) in [6.07, 6.45) is 0. The van der Waals surface area contributed by atoms with E-state index in [-0.39, 0.29) is 29.8 Å². The second-order valence-electron chi connectivity index (χ2n) is 5.54. The van der Waals surface area contributed by atoms with Crippen LogP contribution in [-0.4, -0.2) is 63.4 Å². The summed E-state index contributed by atoms with van der Waals surface area (Å²) in [5.74, 6) is 0.351. The van der Waals surface area contributed by atoms with Gasteiger partial charge in [-0.05, 0) is 24.3 Å². The maximum absolute atomic E-state index is 12.6. The zero-order chi connectivity index (χ0) is 17.0. The van der Waals surface area contributed by atoms with Gasteiger partial charge in [0.15, 0.2) is 0 Å². The third-order valence-electron chi connectivity index (χ3n) is 4.02. The highest BCUT2D eigenvalue weighted by Crippen LogP contribution is 2.21. The molecular weight excluding hydrogens is 318 g/mol. The van der Waals surface area contributed by atoms with Gasteiger partial charge in [0.2, 0.25) is 15.9 Å². The maximum atomic E-state index is 12.6. The lowest BCUT2D eigenvalue weighted by Crippen LogP contribution is -2.52. The molecule has 2 rings (SSSR count). The van der Waals surface area contributed by atoms with Crippen LogP contribution in [-0.2, 0) is 14.8 Å². The van der Waals surface area contributed by atoms with E-state index in [1.165, 1.54) is 23.5 Å². The first-order valence-electron chi connectivity index (χ1n) is 7.53. The molecule has 0 aliphatic carbocycles. The number of benzene rings is 1. The number of carbonyl (C=O) groups excluding carboxylic acids is 1. The molecule has 1 aliphatic rings. The van der Waals surface area contributed by atoms with Crippen molar-refractivity contribution in [2.75, 3.05) is 39.8 Å². The van der Waals surface area contributed by atoms with Crippen molar-refractivity contribution < 1.29 is 17.9 Å². The molecule has 1 aromatic rings. The number of hydrogen-bond acceptors (Lipinski definition) is 5. The fraction of sp³-hybridized carbons (Fsp3) is 0.533. The smallest absolute Gasteiger partial charge is 0.243 e. The first-order valence-corrected chi connectivity index (χ1v) is 8.97. The number of ether oxygens (including phenoxy) is 1. The molecule has 0 bridgehead atoms. The number of sulfonamides is 1. The average Bonchev–Trinajstić information content (AvgIpc) is 2.60. The fourth-order valence-electron chi connectivity index (χ4n) is 2.46. The number of amides is 1. The summed E-state index contributed by atoms with van der Waals surface area (Å²) in [6.45, 7) is 3.43. The minimum absolute atomic E-state index is 0.0194. The molecular formula is C15H23N3O4S. The highest BCUT2D eigenvalue weighted by Gasteiger charge is 2.31. The van der Waals surface area contributed by atoms with Gasteiger partial charge in [-0.15, -0.1) is 0 Å². The van der Waals surface area contributed by atoms with Gasteiger partial charge in [0.05, 0.1) is 12.0 Å². The summed E-state index contributed by atoms with van der Waals surface area (Å²) < 4.78 is 31.7. The molecule has 1 aliphatic heterocycles. The molecule has 1 amide bonds. The molecule has 1 aromatic carbocycles. The Bertz CT molecular complexity index is 637. The number of nitrogens with zero attached hydrogens (tertiary/aromatic N) is 2. The third-order valence-corrected chi connectivity index (χ3v) is 5.94. The molecule has 1 fully saturated rings. The van der Waals surface area contributed by atoms with Gasteiger partial charge in [-0.1, -0.05) is 6.92 Å². The van der Waals surface area contributed by atoms with Gasteiger partial charge < -0.3 is 15.4 Å². The second-order valence-corrected chi connectivity index (χ2v) is 7.48. The van der Waals surface area contributed by atoms with Crippen molar-refractivity contribution in [1.82, 2.24) is 9.21 Å². The lowest BCUT2D eigenvalue weighted by atomic mass is 10.1. The molecule has 7 nitrogen and oxygen atoms in total. The minimum atomic E-state index is -3.55. The van der Waals surface area contributed by atoms with E-state index in [4.69, 9.17) is 10.5 Å². The second kappa shape index (κ2) is 7.29. The predicted molar refractivity (Wildman–Crippen MR) is 86.6 cm³/mol. The Morgan fingerprint density at radius 3 is 2.26 bits per heavy atom. The van der Waals surface area contributed by atoms with Gasteiger partial charge in [-0.3, -0.25) is 4.79 Å². The molecule has 23 heavy (non-hydrogen) atoms. The summed E-state index contributed by atoms with van der Waals surface area (Å²) in [4.78, 5) is 14.0. The van der Waals surface area contributed by atoms with E-state index >= 15 is 0 Å². The lowest BCUT2D eigenvalue weighted by Gasteiger charge is -2.35. The summed E-state index contributed by atoms with van der Waals surface area (Å²) in [5.41, 5.74) is 5.51. The van der Waals surface area contributed by atoms with Crippen LogP contribution in [0.2, 0.25) is 0 Å². The average molecular weight is 341 g/mol. The summed E-state index contributed by atoms with van der Waals surface area (Å²) in [7, 11) is -2.02. The topological polar surface area (TPSA) is 92.9 Å². The molecule has 0 aromatic heterocycles. The summed E-state index contributed by atoms with van der Waals surface area (Å²) in [6, 6.07) is 6.30. The van der Waals surface area contributed by atoms with E-state index < -0.39 is 10.0 Å². The Kier molecular flexibility index (Phi) is 5.61. The van der Waals surface area contributed by atoms with Crippen molar-refractivity contribution in [3.05, 3.63) is 24.3 Å². The summed E-state index contributed by atoms with van der Waals surface area (Å²) in [5, 5.41) is 0. The van der Waals surface area contributed by atoms with Gasteiger partial charge in [0.25, 0.3) is 0 Å². The van der Waals surface area contributed by atoms with Gasteiger partial charge in [0.1, 0.15) is 5.75 Å². The van der Waals surface area contributed by atoms with E-state index in [0.717, 1.165) is 0 Å². The first kappa shape index (κ1) is 17.7. The molecule has 0 saturated carbocycles. The van der Waals surface area contributed by atoms with E-state index in [1.807, 2.05) is 0 Å². The SMILES string of the molecule is COc1ccc(S(=O)(=O)N2CCN(C(=O)C(C)CN)CC2)cc1. The van der Waals surface area contributed by atoms with Crippen LogP contribution >= 0.6 is 0 Å². The largest absolute Gasteiger partial charge is 0.497 e. The summed E-state index contributed by atoms with van der Waals surface area (Å²) >= 11 is 0. The van der Waals surface area contributed by atoms with E-state index in [0.29, 0.717) is 25.4 Å². The first-order chi connectivity index (χ1) is 10.9. The van der Waals surface area contributed by atoms with Gasteiger partial charge in [-0.25, -0.2) is 8.42 Å². The minimum Gasteiger partial charge on any atom is -0.497 e. The standard InChI is InChI=1S/C15H23N3O4S/c1-12(11-16)15(19)17-7-9-18(10-8-17)23(20,21)14-5-3-13(22-2)4-6-14/h3-6,12H,7-11,16H2,1-2H3. The van der Waals surface area contributed by atoms with Crippen LogP contribution in [0.25, 0.3) is 0 Å². The number of hydrogen-bond donors (Lipinski definition) is 1. The van der Waals surface area contributed by atoms with Crippen molar-refractivity contribution in [1.29, 1.82) is 0 Å². The van der Waals surface area contributed by atoms with Crippen molar-refractivity contribution in [2.24, 2.45) is 11.7 Å². The Balaban J connectivity index is 2.04. The Labute approximate surface area is 137 Å². The normalized spacial score (nSPS) is 17.8. The molecule has 1 saturated heterocycles. The maximum Gasteiger partial charge on any atom is 0.243 e. The Hall–Kier alpha value is -1.64. The number of rotatable bonds is 5. The van der Waals surface area contributed by atoms with Crippen molar-refractivity contribution in [2.45, 2.75) is 11.8 Å². The molecule has 0 radical (unpaired) electrons. The zero-order valence-corrected chi connectivity index (χ0v) is 14.3. The van der Waals surface area contributed by atoms with Gasteiger partial charge in [0, 0.05) is 38.6 Å².